The first-order valence-electron chi connectivity index (χ1n) is 7.27. The molecule has 3 rings (SSSR count). The molecule has 1 amide bonds. The van der Waals surface area contributed by atoms with E-state index in [1.54, 1.807) is 37.3 Å². The van der Waals surface area contributed by atoms with E-state index in [1.807, 2.05) is 6.07 Å². The van der Waals surface area contributed by atoms with Gasteiger partial charge in [0.2, 0.25) is 5.91 Å². The summed E-state index contributed by atoms with van der Waals surface area (Å²) in [5.41, 5.74) is 0.912. The van der Waals surface area contributed by atoms with Crippen molar-refractivity contribution in [3.8, 4) is 0 Å². The van der Waals surface area contributed by atoms with Gasteiger partial charge in [-0.2, -0.15) is 0 Å². The summed E-state index contributed by atoms with van der Waals surface area (Å²) in [7, 11) is 0. The maximum absolute atomic E-state index is 12.8. The lowest BCUT2D eigenvalue weighted by Crippen LogP contribution is -2.30. The van der Waals surface area contributed by atoms with Crippen LogP contribution in [0, 0.1) is 6.92 Å². The Morgan fingerprint density at radius 1 is 1.24 bits per heavy atom. The minimum absolute atomic E-state index is 0.125. The molecule has 0 unspecified atom stereocenters. The zero-order chi connectivity index (χ0) is 18.1. The average Bonchev–Trinajstić information content (AvgIpc) is 2.55. The van der Waals surface area contributed by atoms with Gasteiger partial charge >= 0.3 is 0 Å². The van der Waals surface area contributed by atoms with Crippen molar-refractivity contribution in [3.63, 3.8) is 0 Å². The van der Waals surface area contributed by atoms with Crippen molar-refractivity contribution in [1.29, 1.82) is 0 Å². The van der Waals surface area contributed by atoms with Gasteiger partial charge in [0, 0.05) is 19.7 Å². The number of nitrogens with one attached hydrogen (secondary N) is 1. The lowest BCUT2D eigenvalue weighted by molar-refractivity contribution is -0.116. The van der Waals surface area contributed by atoms with Crippen LogP contribution in [0.2, 0.25) is 5.02 Å². The Morgan fingerprint density at radius 2 is 1.92 bits per heavy atom. The highest BCUT2D eigenvalue weighted by atomic mass is 79.9. The van der Waals surface area contributed by atoms with Crippen LogP contribution in [-0.4, -0.2) is 15.5 Å². The molecule has 5 nitrogen and oxygen atoms in total. The van der Waals surface area contributed by atoms with Gasteiger partial charge in [-0.3, -0.25) is 14.2 Å². The summed E-state index contributed by atoms with van der Waals surface area (Å²) in [5.74, 6) is 0.148. The second-order valence-electron chi connectivity index (χ2n) is 5.39. The first kappa shape index (κ1) is 18.1. The summed E-state index contributed by atoms with van der Waals surface area (Å²) in [6.45, 7) is 1.57. The topological polar surface area (TPSA) is 64.0 Å². The van der Waals surface area contributed by atoms with E-state index in [0.29, 0.717) is 27.4 Å². The molecule has 0 aliphatic rings. The van der Waals surface area contributed by atoms with Crippen molar-refractivity contribution in [1.82, 2.24) is 9.55 Å². The number of aryl methyl sites for hydroxylation is 1. The van der Waals surface area contributed by atoms with Gasteiger partial charge in [0.05, 0.1) is 10.9 Å². The number of fused-ring (bicyclic) bond motifs is 1. The fourth-order valence-corrected chi connectivity index (χ4v) is 3.86. The number of anilines is 1. The summed E-state index contributed by atoms with van der Waals surface area (Å²) >= 11 is 12.6. The lowest BCUT2D eigenvalue weighted by Gasteiger charge is -2.12. The first-order valence-corrected chi connectivity index (χ1v) is 9.23. The number of hydrogen-bond donors (Lipinski definition) is 1. The minimum Gasteiger partial charge on any atom is -0.325 e. The lowest BCUT2D eigenvalue weighted by atomic mass is 10.2. The number of carbonyl (C=O) groups is 1. The molecule has 0 aliphatic heterocycles. The van der Waals surface area contributed by atoms with Crippen LogP contribution >= 0.6 is 43.5 Å². The van der Waals surface area contributed by atoms with Crippen molar-refractivity contribution in [2.24, 2.45) is 0 Å². The molecule has 0 saturated heterocycles. The van der Waals surface area contributed by atoms with Gasteiger partial charge in [0.1, 0.15) is 12.4 Å². The van der Waals surface area contributed by atoms with E-state index < -0.39 is 0 Å². The van der Waals surface area contributed by atoms with Gasteiger partial charge < -0.3 is 5.32 Å². The van der Waals surface area contributed by atoms with Crippen LogP contribution in [0.5, 0.6) is 0 Å². The molecule has 3 aromatic rings. The zero-order valence-electron chi connectivity index (χ0n) is 13.0. The third kappa shape index (κ3) is 3.94. The van der Waals surface area contributed by atoms with Crippen molar-refractivity contribution in [2.75, 3.05) is 5.32 Å². The molecule has 1 N–H and O–H groups in total. The normalized spacial score (nSPS) is 10.9. The Bertz CT molecular complexity index is 1030. The van der Waals surface area contributed by atoms with Crippen molar-refractivity contribution >= 4 is 66.0 Å². The Balaban J connectivity index is 1.94. The molecule has 8 heteroatoms. The Hall–Kier alpha value is -1.70. The van der Waals surface area contributed by atoms with E-state index in [4.69, 9.17) is 11.6 Å². The molecule has 0 aliphatic carbocycles. The highest BCUT2D eigenvalue weighted by Crippen LogP contribution is 2.25. The summed E-state index contributed by atoms with van der Waals surface area (Å²) in [6.07, 6.45) is 0. The monoisotopic (exact) mass is 483 g/mol. The fourth-order valence-electron chi connectivity index (χ4n) is 2.42. The van der Waals surface area contributed by atoms with Crippen LogP contribution in [0.3, 0.4) is 0 Å². The van der Waals surface area contributed by atoms with Gasteiger partial charge in [-0.25, -0.2) is 4.98 Å². The summed E-state index contributed by atoms with van der Waals surface area (Å²) < 4.78 is 2.83. The molecular formula is C17H12Br2ClN3O2. The number of rotatable bonds is 3. The van der Waals surface area contributed by atoms with E-state index in [-0.39, 0.29) is 18.0 Å². The van der Waals surface area contributed by atoms with Crippen molar-refractivity contribution < 1.29 is 4.79 Å². The predicted octanol–water partition coefficient (Wildman–Crippen LogP) is 4.52. The van der Waals surface area contributed by atoms with E-state index in [9.17, 15) is 9.59 Å². The van der Waals surface area contributed by atoms with Gasteiger partial charge in [-0.05, 0) is 59.3 Å². The van der Waals surface area contributed by atoms with E-state index in [1.165, 1.54) is 4.57 Å². The second kappa shape index (κ2) is 7.27. The molecule has 0 bridgehead atoms. The van der Waals surface area contributed by atoms with E-state index in [2.05, 4.69) is 42.2 Å². The zero-order valence-corrected chi connectivity index (χ0v) is 16.9. The average molecular weight is 486 g/mol. The summed E-state index contributed by atoms with van der Waals surface area (Å²) in [6, 6.07) is 10.3. The molecule has 0 saturated carbocycles. The fraction of sp³-hybridized carbons (Fsp3) is 0.118. The molecule has 0 radical (unpaired) electrons. The van der Waals surface area contributed by atoms with Gasteiger partial charge in [-0.1, -0.05) is 27.5 Å². The predicted molar refractivity (Wildman–Crippen MR) is 106 cm³/mol. The quantitative estimate of drug-likeness (QED) is 0.593. The van der Waals surface area contributed by atoms with Gasteiger partial charge in [-0.15, -0.1) is 0 Å². The molecule has 0 spiro atoms. The van der Waals surface area contributed by atoms with Crippen LogP contribution < -0.4 is 10.9 Å². The number of halogens is 3. The van der Waals surface area contributed by atoms with Crippen LogP contribution in [0.4, 0.5) is 5.69 Å². The highest BCUT2D eigenvalue weighted by molar-refractivity contribution is 9.11. The first-order chi connectivity index (χ1) is 11.8. The number of benzene rings is 2. The van der Waals surface area contributed by atoms with Crippen LogP contribution in [0.1, 0.15) is 5.82 Å². The Kier molecular flexibility index (Phi) is 5.27. The molecule has 25 heavy (non-hydrogen) atoms. The molecule has 128 valence electrons. The van der Waals surface area contributed by atoms with E-state index >= 15 is 0 Å². The maximum atomic E-state index is 12.8. The minimum atomic E-state index is -0.317. The summed E-state index contributed by atoms with van der Waals surface area (Å²) in [5, 5.41) is 3.76. The third-order valence-electron chi connectivity index (χ3n) is 3.60. The molecule has 2 aromatic carbocycles. The molecule has 1 aromatic heterocycles. The SMILES string of the molecule is Cc1nc2c(Br)cc(Br)cc2c(=O)n1CC(=O)Nc1ccc(Cl)cc1. The van der Waals surface area contributed by atoms with Crippen molar-refractivity contribution in [3.05, 3.63) is 66.5 Å². The second-order valence-corrected chi connectivity index (χ2v) is 7.60. The van der Waals surface area contributed by atoms with Crippen LogP contribution in [0.15, 0.2) is 50.1 Å². The Morgan fingerprint density at radius 3 is 2.60 bits per heavy atom. The molecule has 0 atom stereocenters. The Labute approximate surface area is 165 Å². The standard InChI is InChI=1S/C17H12Br2ClN3O2/c1-9-21-16-13(6-10(18)7-14(16)19)17(25)23(9)8-15(24)22-12-4-2-11(20)3-5-12/h2-7H,8H2,1H3,(H,22,24). The molecule has 0 fully saturated rings. The number of hydrogen-bond acceptors (Lipinski definition) is 3. The van der Waals surface area contributed by atoms with Crippen LogP contribution in [-0.2, 0) is 11.3 Å². The number of aromatic nitrogens is 2. The smallest absolute Gasteiger partial charge is 0.261 e. The number of carbonyl (C=O) groups excluding carboxylic acids is 1. The summed E-state index contributed by atoms with van der Waals surface area (Å²) in [4.78, 5) is 29.5. The van der Waals surface area contributed by atoms with Crippen molar-refractivity contribution in [2.45, 2.75) is 13.5 Å². The number of nitrogens with zero attached hydrogens (tertiary/aromatic N) is 2. The highest BCUT2D eigenvalue weighted by Gasteiger charge is 2.14. The number of amides is 1. The molecule has 1 heterocycles. The van der Waals surface area contributed by atoms with E-state index in [0.717, 1.165) is 8.95 Å². The van der Waals surface area contributed by atoms with Crippen LogP contribution in [0.25, 0.3) is 10.9 Å². The largest absolute Gasteiger partial charge is 0.325 e. The van der Waals surface area contributed by atoms with Gasteiger partial charge in [0.25, 0.3) is 5.56 Å². The van der Waals surface area contributed by atoms with Gasteiger partial charge in [0.15, 0.2) is 0 Å². The molecular weight excluding hydrogens is 473 g/mol. The third-order valence-corrected chi connectivity index (χ3v) is 4.91. The maximum Gasteiger partial charge on any atom is 0.261 e.